The van der Waals surface area contributed by atoms with Crippen molar-refractivity contribution in [3.8, 4) is 0 Å². The van der Waals surface area contributed by atoms with Crippen LogP contribution in [0.25, 0.3) is 0 Å². The minimum atomic E-state index is -0.899. The fraction of sp³-hybridized carbons (Fsp3) is 0.286. The summed E-state index contributed by atoms with van der Waals surface area (Å²) in [6, 6.07) is 14.0. The zero-order chi connectivity index (χ0) is 20.5. The lowest BCUT2D eigenvalue weighted by atomic mass is 10.1. The molecule has 5 nitrogen and oxygen atoms in total. The first-order valence-corrected chi connectivity index (χ1v) is 10.2. The third-order valence-electron chi connectivity index (χ3n) is 3.84. The molecular weight excluding hydrogens is 398 g/mol. The number of ether oxygens (including phenoxy) is 1. The zero-order valence-corrected chi connectivity index (χ0v) is 17.3. The summed E-state index contributed by atoms with van der Waals surface area (Å²) in [6.45, 7) is 3.00. The van der Waals surface area contributed by atoms with Crippen LogP contribution in [-0.4, -0.2) is 29.5 Å². The standard InChI is InChI=1S/C21H22ClNO4S/c1-14(24)16-5-9-18(10-6-16)23-21(26)15(2)27-20(25)4-3-13-28-19-11-7-17(22)8-12-19/h5-12,15H,3-4,13H2,1-2H3,(H,23,26)/t15-/m0/s1. The molecule has 28 heavy (non-hydrogen) atoms. The molecule has 7 heteroatoms. The Labute approximate surface area is 173 Å². The van der Waals surface area contributed by atoms with Crippen LogP contribution in [0, 0.1) is 0 Å². The topological polar surface area (TPSA) is 72.5 Å². The van der Waals surface area contributed by atoms with Crippen molar-refractivity contribution in [1.29, 1.82) is 0 Å². The highest BCUT2D eigenvalue weighted by atomic mass is 35.5. The number of nitrogens with one attached hydrogen (secondary N) is 1. The van der Waals surface area contributed by atoms with Gasteiger partial charge in [-0.15, -0.1) is 11.8 Å². The number of thioether (sulfide) groups is 1. The predicted octanol–water partition coefficient (Wildman–Crippen LogP) is 4.99. The van der Waals surface area contributed by atoms with Gasteiger partial charge in [0.05, 0.1) is 0 Å². The molecule has 2 aromatic carbocycles. The van der Waals surface area contributed by atoms with Gasteiger partial charge >= 0.3 is 5.97 Å². The fourth-order valence-electron chi connectivity index (χ4n) is 2.28. The average molecular weight is 420 g/mol. The van der Waals surface area contributed by atoms with Gasteiger partial charge in [0.1, 0.15) is 0 Å². The summed E-state index contributed by atoms with van der Waals surface area (Å²) in [5.74, 6) is -0.111. The molecule has 0 radical (unpaired) electrons. The molecule has 1 amide bonds. The Morgan fingerprint density at radius 2 is 1.71 bits per heavy atom. The van der Waals surface area contributed by atoms with E-state index in [1.54, 1.807) is 36.0 Å². The molecular formula is C21H22ClNO4S. The van der Waals surface area contributed by atoms with Gasteiger partial charge in [-0.05, 0) is 74.6 Å². The molecule has 2 aromatic rings. The minimum absolute atomic E-state index is 0.0469. The second-order valence-corrected chi connectivity index (χ2v) is 7.77. The number of amides is 1. The number of Topliss-reactive ketones (excluding diaryl/α,β-unsaturated/α-hetero) is 1. The number of ketones is 1. The Kier molecular flexibility index (Phi) is 8.54. The van der Waals surface area contributed by atoms with E-state index < -0.39 is 18.0 Å². The van der Waals surface area contributed by atoms with Gasteiger partial charge in [0.25, 0.3) is 5.91 Å². The third kappa shape index (κ3) is 7.37. The van der Waals surface area contributed by atoms with Gasteiger partial charge in [-0.3, -0.25) is 14.4 Å². The number of carbonyl (C=O) groups is 3. The van der Waals surface area contributed by atoms with Crippen LogP contribution in [0.5, 0.6) is 0 Å². The van der Waals surface area contributed by atoms with Gasteiger partial charge in [-0.1, -0.05) is 11.6 Å². The number of hydrogen-bond acceptors (Lipinski definition) is 5. The van der Waals surface area contributed by atoms with Crippen LogP contribution >= 0.6 is 23.4 Å². The summed E-state index contributed by atoms with van der Waals surface area (Å²) < 4.78 is 5.18. The van der Waals surface area contributed by atoms with E-state index in [1.807, 2.05) is 24.3 Å². The number of rotatable bonds is 9. The Balaban J connectivity index is 1.69. The molecule has 148 valence electrons. The molecule has 0 aromatic heterocycles. The summed E-state index contributed by atoms with van der Waals surface area (Å²) in [4.78, 5) is 36.4. The van der Waals surface area contributed by atoms with E-state index in [9.17, 15) is 14.4 Å². The number of benzene rings is 2. The van der Waals surface area contributed by atoms with Crippen LogP contribution in [0.1, 0.15) is 37.0 Å². The van der Waals surface area contributed by atoms with Gasteiger partial charge < -0.3 is 10.1 Å². The summed E-state index contributed by atoms with van der Waals surface area (Å²) in [7, 11) is 0. The highest BCUT2D eigenvalue weighted by Gasteiger charge is 2.17. The Bertz CT molecular complexity index is 821. The Hall–Kier alpha value is -2.31. The summed E-state index contributed by atoms with van der Waals surface area (Å²) in [6.07, 6.45) is -0.0118. The van der Waals surface area contributed by atoms with Crippen molar-refractivity contribution in [2.45, 2.75) is 37.7 Å². The quantitative estimate of drug-likeness (QED) is 0.268. The van der Waals surface area contributed by atoms with E-state index in [1.165, 1.54) is 13.8 Å². The molecule has 0 aliphatic rings. The fourth-order valence-corrected chi connectivity index (χ4v) is 3.26. The summed E-state index contributed by atoms with van der Waals surface area (Å²) in [5.41, 5.74) is 1.10. The lowest BCUT2D eigenvalue weighted by Crippen LogP contribution is -2.29. The molecule has 0 aliphatic carbocycles. The van der Waals surface area contributed by atoms with E-state index in [-0.39, 0.29) is 12.2 Å². The Morgan fingerprint density at radius 1 is 1.07 bits per heavy atom. The number of anilines is 1. The van der Waals surface area contributed by atoms with E-state index in [2.05, 4.69) is 5.32 Å². The van der Waals surface area contributed by atoms with E-state index >= 15 is 0 Å². The van der Waals surface area contributed by atoms with Gasteiger partial charge in [-0.25, -0.2) is 0 Å². The van der Waals surface area contributed by atoms with Crippen molar-refractivity contribution in [2.75, 3.05) is 11.1 Å². The number of halogens is 1. The number of hydrogen-bond donors (Lipinski definition) is 1. The predicted molar refractivity (Wildman–Crippen MR) is 112 cm³/mol. The van der Waals surface area contributed by atoms with Gasteiger partial charge in [0.15, 0.2) is 11.9 Å². The van der Waals surface area contributed by atoms with E-state index in [4.69, 9.17) is 16.3 Å². The van der Waals surface area contributed by atoms with Crippen molar-refractivity contribution < 1.29 is 19.1 Å². The highest BCUT2D eigenvalue weighted by Crippen LogP contribution is 2.21. The lowest BCUT2D eigenvalue weighted by molar-refractivity contribution is -0.153. The second kappa shape index (κ2) is 10.9. The van der Waals surface area contributed by atoms with Gasteiger partial charge in [-0.2, -0.15) is 0 Å². The number of carbonyl (C=O) groups excluding carboxylic acids is 3. The van der Waals surface area contributed by atoms with Crippen LogP contribution in [0.2, 0.25) is 5.02 Å². The monoisotopic (exact) mass is 419 g/mol. The molecule has 1 N–H and O–H groups in total. The minimum Gasteiger partial charge on any atom is -0.453 e. The Morgan fingerprint density at radius 3 is 2.32 bits per heavy atom. The maximum atomic E-state index is 12.1. The summed E-state index contributed by atoms with van der Waals surface area (Å²) in [5, 5.41) is 3.35. The van der Waals surface area contributed by atoms with E-state index in [0.29, 0.717) is 22.7 Å². The SMILES string of the molecule is CC(=O)c1ccc(NC(=O)[C@H](C)OC(=O)CCCSc2ccc(Cl)cc2)cc1. The molecule has 1 atom stereocenters. The molecule has 0 fully saturated rings. The lowest BCUT2D eigenvalue weighted by Gasteiger charge is -2.13. The van der Waals surface area contributed by atoms with Crippen molar-refractivity contribution in [2.24, 2.45) is 0 Å². The molecule has 0 spiro atoms. The zero-order valence-electron chi connectivity index (χ0n) is 15.7. The van der Waals surface area contributed by atoms with Crippen LogP contribution in [0.15, 0.2) is 53.4 Å². The molecule has 2 rings (SSSR count). The smallest absolute Gasteiger partial charge is 0.306 e. The third-order valence-corrected chi connectivity index (χ3v) is 5.19. The molecule has 0 saturated carbocycles. The van der Waals surface area contributed by atoms with Crippen molar-refractivity contribution in [3.05, 3.63) is 59.1 Å². The first-order chi connectivity index (χ1) is 13.3. The van der Waals surface area contributed by atoms with Crippen molar-refractivity contribution >= 4 is 46.7 Å². The van der Waals surface area contributed by atoms with Crippen LogP contribution in [0.4, 0.5) is 5.69 Å². The summed E-state index contributed by atoms with van der Waals surface area (Å²) >= 11 is 7.47. The van der Waals surface area contributed by atoms with Crippen LogP contribution in [0.3, 0.4) is 0 Å². The first-order valence-electron chi connectivity index (χ1n) is 8.85. The maximum Gasteiger partial charge on any atom is 0.306 e. The number of esters is 1. The van der Waals surface area contributed by atoms with Crippen molar-refractivity contribution in [3.63, 3.8) is 0 Å². The normalized spacial score (nSPS) is 11.5. The molecule has 0 aliphatic heterocycles. The van der Waals surface area contributed by atoms with E-state index in [0.717, 1.165) is 10.6 Å². The van der Waals surface area contributed by atoms with Crippen molar-refractivity contribution in [1.82, 2.24) is 0 Å². The van der Waals surface area contributed by atoms with Crippen LogP contribution < -0.4 is 5.32 Å². The average Bonchev–Trinajstić information content (AvgIpc) is 2.67. The van der Waals surface area contributed by atoms with Crippen LogP contribution in [-0.2, 0) is 14.3 Å². The molecule has 0 saturated heterocycles. The molecule has 0 bridgehead atoms. The first kappa shape index (κ1) is 22.0. The van der Waals surface area contributed by atoms with Gasteiger partial charge in [0, 0.05) is 27.6 Å². The second-order valence-electron chi connectivity index (χ2n) is 6.16. The maximum absolute atomic E-state index is 12.1. The molecule has 0 unspecified atom stereocenters. The van der Waals surface area contributed by atoms with Gasteiger partial charge in [0.2, 0.25) is 0 Å². The molecule has 0 heterocycles. The largest absolute Gasteiger partial charge is 0.453 e. The highest BCUT2D eigenvalue weighted by molar-refractivity contribution is 7.99.